The molecule has 3 heterocycles. The van der Waals surface area contributed by atoms with Gasteiger partial charge in [-0.1, -0.05) is 24.6 Å². The highest BCUT2D eigenvalue weighted by Gasteiger charge is 2.62. The molecule has 1 amide bonds. The second-order valence-corrected chi connectivity index (χ2v) is 13.4. The van der Waals surface area contributed by atoms with Gasteiger partial charge in [-0.05, 0) is 86.6 Å². The molecule has 2 atom stereocenters. The number of fused-ring (bicyclic) bond motifs is 1. The number of benzene rings is 3. The number of likely N-dealkylation sites (tertiary alicyclic amines) is 1. The largest absolute Gasteiger partial charge is 0.497 e. The van der Waals surface area contributed by atoms with Gasteiger partial charge in [0, 0.05) is 29.2 Å². The van der Waals surface area contributed by atoms with Gasteiger partial charge in [-0.15, -0.1) is 0 Å². The zero-order valence-electron chi connectivity index (χ0n) is 25.6. The molecule has 12 heteroatoms. The summed E-state index contributed by atoms with van der Waals surface area (Å²) in [7, 11) is 0.658. The highest BCUT2D eigenvalue weighted by atomic mass is 35.5. The summed E-state index contributed by atoms with van der Waals surface area (Å²) < 4.78 is 46.9. The van der Waals surface area contributed by atoms with Crippen LogP contribution >= 0.6 is 11.6 Å². The van der Waals surface area contributed by atoms with E-state index in [-0.39, 0.29) is 10.6 Å². The van der Waals surface area contributed by atoms with E-state index in [0.717, 1.165) is 22.8 Å². The lowest BCUT2D eigenvalue weighted by Crippen LogP contribution is -2.54. The molecule has 3 aromatic carbocycles. The molecular formula is C33H35ClN4O6S. The van der Waals surface area contributed by atoms with Crippen LogP contribution in [0.2, 0.25) is 5.02 Å². The molecular weight excluding hydrogens is 616 g/mol. The number of carbonyl (C=O) groups excluding carboxylic acids is 1. The number of rotatable bonds is 10. The third-order valence-electron chi connectivity index (χ3n) is 8.72. The topological polar surface area (TPSA) is 105 Å². The molecule has 1 aromatic heterocycles. The summed E-state index contributed by atoms with van der Waals surface area (Å²) in [6.45, 7) is 3.95. The van der Waals surface area contributed by atoms with Crippen LogP contribution in [0.5, 0.6) is 11.5 Å². The van der Waals surface area contributed by atoms with Gasteiger partial charge < -0.3 is 18.8 Å². The van der Waals surface area contributed by atoms with Crippen LogP contribution in [0.15, 0.2) is 82.4 Å². The zero-order chi connectivity index (χ0) is 31.9. The van der Waals surface area contributed by atoms with Crippen molar-refractivity contribution in [1.82, 2.24) is 14.8 Å². The molecule has 2 unspecified atom stereocenters. The first-order chi connectivity index (χ1) is 21.7. The van der Waals surface area contributed by atoms with Crippen molar-refractivity contribution in [3.63, 3.8) is 0 Å². The van der Waals surface area contributed by atoms with Gasteiger partial charge >= 0.3 is 0 Å². The lowest BCUT2D eigenvalue weighted by atomic mass is 9.80. The van der Waals surface area contributed by atoms with Gasteiger partial charge in [-0.3, -0.25) is 9.69 Å². The second-order valence-electron chi connectivity index (χ2n) is 11.2. The maximum Gasteiger partial charge on any atom is 0.271 e. The molecule has 0 aliphatic carbocycles. The van der Waals surface area contributed by atoms with Crippen molar-refractivity contribution in [2.24, 2.45) is 0 Å². The molecule has 0 saturated carbocycles. The molecule has 0 radical (unpaired) electrons. The Kier molecular flexibility index (Phi) is 8.38. The first-order valence-corrected chi connectivity index (χ1v) is 16.5. The molecule has 45 heavy (non-hydrogen) atoms. The van der Waals surface area contributed by atoms with Gasteiger partial charge in [-0.2, -0.15) is 0 Å². The van der Waals surface area contributed by atoms with Crippen molar-refractivity contribution in [2.45, 2.75) is 42.8 Å². The Labute approximate surface area is 268 Å². The van der Waals surface area contributed by atoms with Crippen LogP contribution in [-0.4, -0.2) is 63.5 Å². The zero-order valence-corrected chi connectivity index (χ0v) is 27.1. The maximum absolute atomic E-state index is 15.4. The Hall–Kier alpha value is -3.90. The van der Waals surface area contributed by atoms with E-state index < -0.39 is 27.5 Å². The molecule has 1 fully saturated rings. The highest BCUT2D eigenvalue weighted by molar-refractivity contribution is 7.93. The first kappa shape index (κ1) is 31.1. The number of sulfonamides is 1. The van der Waals surface area contributed by atoms with E-state index in [1.54, 1.807) is 43.6 Å². The van der Waals surface area contributed by atoms with E-state index in [0.29, 0.717) is 53.0 Å². The molecule has 236 valence electrons. The monoisotopic (exact) mass is 650 g/mol. The van der Waals surface area contributed by atoms with Crippen LogP contribution in [0.25, 0.3) is 0 Å². The number of anilines is 1. The number of nitrogens with zero attached hydrogens (tertiary/aromatic N) is 4. The van der Waals surface area contributed by atoms with Gasteiger partial charge in [0.15, 0.2) is 5.54 Å². The maximum atomic E-state index is 15.4. The molecule has 2 aliphatic heterocycles. The van der Waals surface area contributed by atoms with Crippen LogP contribution in [-0.2, 0) is 26.9 Å². The number of hydrogen-bond donors (Lipinski definition) is 0. The molecule has 0 N–H and O–H groups in total. The number of methoxy groups -OCH3 is 2. The van der Waals surface area contributed by atoms with Crippen LogP contribution < -0.4 is 13.8 Å². The van der Waals surface area contributed by atoms with Crippen LogP contribution in [0, 0.1) is 0 Å². The number of amides is 1. The van der Waals surface area contributed by atoms with Crippen molar-refractivity contribution in [1.29, 1.82) is 0 Å². The van der Waals surface area contributed by atoms with Gasteiger partial charge in [0.25, 0.3) is 15.9 Å². The van der Waals surface area contributed by atoms with E-state index in [9.17, 15) is 8.42 Å². The SMILES string of the molecule is CCN(C)Cc1ccc(OC)c(C2(N3CCCC3c3ncco3)C(=O)N(S(=O)(=O)c3ccc(OC)cc3)c3ccc(Cl)cc32)c1. The van der Waals surface area contributed by atoms with E-state index in [1.165, 1.54) is 25.5 Å². The third kappa shape index (κ3) is 5.07. The molecule has 1 saturated heterocycles. The molecule has 6 rings (SSSR count). The van der Waals surface area contributed by atoms with E-state index in [1.807, 2.05) is 30.1 Å². The summed E-state index contributed by atoms with van der Waals surface area (Å²) in [5.74, 6) is 0.723. The average molecular weight is 651 g/mol. The minimum absolute atomic E-state index is 0.0516. The number of carbonyl (C=O) groups is 1. The average Bonchev–Trinajstić information content (AvgIpc) is 3.80. The summed E-state index contributed by atoms with van der Waals surface area (Å²) in [4.78, 5) is 24.0. The third-order valence-corrected chi connectivity index (χ3v) is 10.7. The molecule has 4 aromatic rings. The number of hydrogen-bond acceptors (Lipinski definition) is 9. The Balaban J connectivity index is 1.66. The Morgan fingerprint density at radius 1 is 1.07 bits per heavy atom. The van der Waals surface area contributed by atoms with Crippen molar-refractivity contribution in [2.75, 3.05) is 38.7 Å². The van der Waals surface area contributed by atoms with Gasteiger partial charge in [0.05, 0.1) is 37.0 Å². The van der Waals surface area contributed by atoms with Gasteiger partial charge in [0.1, 0.15) is 17.8 Å². The van der Waals surface area contributed by atoms with Crippen LogP contribution in [0.4, 0.5) is 5.69 Å². The molecule has 0 bridgehead atoms. The Morgan fingerprint density at radius 2 is 1.84 bits per heavy atom. The second kappa shape index (κ2) is 12.1. The summed E-state index contributed by atoms with van der Waals surface area (Å²) in [6, 6.07) is 16.2. The fraction of sp³-hybridized carbons (Fsp3) is 0.333. The van der Waals surface area contributed by atoms with E-state index in [4.69, 9.17) is 25.5 Å². The van der Waals surface area contributed by atoms with Crippen molar-refractivity contribution < 1.29 is 27.1 Å². The smallest absolute Gasteiger partial charge is 0.271 e. The number of oxazole rings is 1. The highest BCUT2D eigenvalue weighted by Crippen LogP contribution is 2.56. The summed E-state index contributed by atoms with van der Waals surface area (Å²) in [6.07, 6.45) is 4.45. The lowest BCUT2D eigenvalue weighted by molar-refractivity contribution is -0.127. The van der Waals surface area contributed by atoms with Crippen LogP contribution in [0.3, 0.4) is 0 Å². The predicted molar refractivity (Wildman–Crippen MR) is 170 cm³/mol. The fourth-order valence-electron chi connectivity index (χ4n) is 6.51. The van der Waals surface area contributed by atoms with Crippen molar-refractivity contribution in [3.8, 4) is 11.5 Å². The quantitative estimate of drug-likeness (QED) is 0.216. The van der Waals surface area contributed by atoms with E-state index in [2.05, 4.69) is 16.8 Å². The number of halogens is 1. The van der Waals surface area contributed by atoms with E-state index >= 15 is 4.79 Å². The molecule has 10 nitrogen and oxygen atoms in total. The number of aromatic nitrogens is 1. The standard InChI is InChI=1S/C33H35ClN4O6S/c1-5-36(2)21-22-8-15-30(43-4)27(19-22)33(37-17-6-7-29(37)31-35-16-18-44-31)26-20-23(34)9-14-28(26)38(32(33)39)45(40,41)25-12-10-24(42-3)11-13-25/h8-16,18-20,29H,5-7,17,21H2,1-4H3. The fourth-order valence-corrected chi connectivity index (χ4v) is 8.15. The van der Waals surface area contributed by atoms with Crippen molar-refractivity contribution in [3.05, 3.63) is 101 Å². The Bertz CT molecular complexity index is 1820. The predicted octanol–water partition coefficient (Wildman–Crippen LogP) is 5.61. The number of ether oxygens (including phenoxy) is 2. The summed E-state index contributed by atoms with van der Waals surface area (Å²) in [5.41, 5.74) is 0.466. The molecule has 2 aliphatic rings. The van der Waals surface area contributed by atoms with Crippen molar-refractivity contribution >= 4 is 33.2 Å². The normalized spacial score (nSPS) is 20.2. The lowest BCUT2D eigenvalue weighted by Gasteiger charge is -2.41. The summed E-state index contributed by atoms with van der Waals surface area (Å²) in [5, 5.41) is 0.363. The molecule has 0 spiro atoms. The summed E-state index contributed by atoms with van der Waals surface area (Å²) >= 11 is 6.65. The first-order valence-electron chi connectivity index (χ1n) is 14.7. The Morgan fingerprint density at radius 3 is 2.51 bits per heavy atom. The van der Waals surface area contributed by atoms with Gasteiger partial charge in [-0.25, -0.2) is 17.7 Å². The minimum atomic E-state index is -4.40. The van der Waals surface area contributed by atoms with Crippen LogP contribution in [0.1, 0.15) is 48.4 Å². The van der Waals surface area contributed by atoms with Gasteiger partial charge in [0.2, 0.25) is 5.89 Å². The minimum Gasteiger partial charge on any atom is -0.497 e.